The molecule has 1 N–H and O–H groups in total. The molecule has 1 aromatic heterocycles. The number of hydrogen-bond acceptors (Lipinski definition) is 2. The molecule has 0 aromatic carbocycles. The van der Waals surface area contributed by atoms with Crippen LogP contribution in [0, 0.1) is 0 Å². The van der Waals surface area contributed by atoms with Gasteiger partial charge in [0.05, 0.1) is 0 Å². The van der Waals surface area contributed by atoms with Crippen molar-refractivity contribution in [2.45, 2.75) is 13.3 Å². The Morgan fingerprint density at radius 1 is 1.62 bits per heavy atom. The van der Waals surface area contributed by atoms with E-state index < -0.39 is 0 Å². The molecule has 0 spiro atoms. The second-order valence-electron chi connectivity index (χ2n) is 1.59. The maximum atomic E-state index is 8.80. The second kappa shape index (κ2) is 2.18. The first-order chi connectivity index (χ1) is 3.83. The molecule has 1 rings (SSSR count). The van der Waals surface area contributed by atoms with E-state index in [1.165, 1.54) is 16.2 Å². The van der Waals surface area contributed by atoms with Crippen LogP contribution < -0.4 is 0 Å². The quantitative estimate of drug-likeness (QED) is 0.613. The third kappa shape index (κ3) is 1.01. The molecular formula is C6H8OS. The minimum Gasteiger partial charge on any atom is -0.499 e. The Morgan fingerprint density at radius 2 is 2.38 bits per heavy atom. The highest BCUT2D eigenvalue weighted by Gasteiger charge is 1.91. The third-order valence-corrected chi connectivity index (χ3v) is 2.03. The molecular weight excluding hydrogens is 120 g/mol. The average Bonchev–Trinajstić information content (AvgIpc) is 2.14. The molecule has 0 fully saturated rings. The van der Waals surface area contributed by atoms with E-state index >= 15 is 0 Å². The monoisotopic (exact) mass is 128 g/mol. The second-order valence-corrected chi connectivity index (χ2v) is 2.74. The zero-order valence-electron chi connectivity index (χ0n) is 4.72. The van der Waals surface area contributed by atoms with E-state index in [-0.39, 0.29) is 0 Å². The van der Waals surface area contributed by atoms with Crippen LogP contribution in [-0.4, -0.2) is 5.11 Å². The van der Waals surface area contributed by atoms with E-state index in [0.717, 1.165) is 6.42 Å². The van der Waals surface area contributed by atoms with Gasteiger partial charge >= 0.3 is 0 Å². The van der Waals surface area contributed by atoms with Gasteiger partial charge in [0.25, 0.3) is 0 Å². The predicted octanol–water partition coefficient (Wildman–Crippen LogP) is 2.02. The molecule has 1 nitrogen and oxygen atoms in total. The number of aryl methyl sites for hydroxylation is 1. The first-order valence-corrected chi connectivity index (χ1v) is 3.42. The summed E-state index contributed by atoms with van der Waals surface area (Å²) in [5, 5.41) is 9.22. The van der Waals surface area contributed by atoms with Crippen LogP contribution in [0.4, 0.5) is 0 Å². The molecule has 1 heterocycles. The van der Waals surface area contributed by atoms with Crippen molar-refractivity contribution in [1.29, 1.82) is 0 Å². The van der Waals surface area contributed by atoms with Crippen LogP contribution in [-0.2, 0) is 6.42 Å². The summed E-state index contributed by atoms with van der Waals surface area (Å²) in [4.78, 5) is 1.24. The molecule has 0 saturated heterocycles. The van der Waals surface area contributed by atoms with Crippen molar-refractivity contribution in [3.05, 3.63) is 17.0 Å². The lowest BCUT2D eigenvalue weighted by molar-refractivity contribution is 0.491. The molecule has 0 unspecified atom stereocenters. The van der Waals surface area contributed by atoms with Gasteiger partial charge in [0, 0.05) is 4.88 Å². The van der Waals surface area contributed by atoms with Crippen LogP contribution in [0.3, 0.4) is 0 Å². The Morgan fingerprint density at radius 3 is 2.62 bits per heavy atom. The van der Waals surface area contributed by atoms with Crippen molar-refractivity contribution in [2.24, 2.45) is 0 Å². The minimum atomic E-state index is 0.418. The Labute approximate surface area is 52.6 Å². The summed E-state index contributed by atoms with van der Waals surface area (Å²) in [7, 11) is 0. The zero-order valence-corrected chi connectivity index (χ0v) is 5.53. The Hall–Kier alpha value is -0.500. The van der Waals surface area contributed by atoms with Crippen LogP contribution in [0.1, 0.15) is 11.8 Å². The molecule has 0 amide bonds. The molecule has 0 aliphatic heterocycles. The molecule has 0 atom stereocenters. The van der Waals surface area contributed by atoms with Crippen LogP contribution in [0.15, 0.2) is 12.1 Å². The first-order valence-electron chi connectivity index (χ1n) is 2.60. The van der Waals surface area contributed by atoms with Gasteiger partial charge in [-0.1, -0.05) is 6.92 Å². The number of thiophene rings is 1. The smallest absolute Gasteiger partial charge is 0.171 e. The van der Waals surface area contributed by atoms with Crippen molar-refractivity contribution in [3.63, 3.8) is 0 Å². The molecule has 2 heteroatoms. The Bertz CT molecular complexity index is 169. The molecule has 0 bridgehead atoms. The van der Waals surface area contributed by atoms with Crippen LogP contribution in [0.2, 0.25) is 0 Å². The van der Waals surface area contributed by atoms with Gasteiger partial charge in [-0.15, -0.1) is 11.3 Å². The number of hydrogen-bond donors (Lipinski definition) is 1. The Kier molecular flexibility index (Phi) is 1.53. The van der Waals surface area contributed by atoms with E-state index in [9.17, 15) is 0 Å². The molecule has 0 aliphatic rings. The number of aromatic hydroxyl groups is 1. The summed E-state index contributed by atoms with van der Waals surface area (Å²) >= 11 is 1.44. The van der Waals surface area contributed by atoms with Gasteiger partial charge in [0.2, 0.25) is 0 Å². The maximum absolute atomic E-state index is 8.80. The summed E-state index contributed by atoms with van der Waals surface area (Å²) < 4.78 is 0. The fourth-order valence-corrected chi connectivity index (χ4v) is 1.24. The molecule has 1 aromatic rings. The minimum absolute atomic E-state index is 0.418. The fourth-order valence-electron chi connectivity index (χ4n) is 0.557. The molecule has 0 aliphatic carbocycles. The average molecular weight is 128 g/mol. The molecule has 8 heavy (non-hydrogen) atoms. The summed E-state index contributed by atoms with van der Waals surface area (Å²) in [6.07, 6.45) is 1.02. The summed E-state index contributed by atoms with van der Waals surface area (Å²) in [5.41, 5.74) is 0. The summed E-state index contributed by atoms with van der Waals surface area (Å²) in [6.45, 7) is 2.07. The Balaban J connectivity index is 2.84. The lowest BCUT2D eigenvalue weighted by Crippen LogP contribution is -1.63. The van der Waals surface area contributed by atoms with Gasteiger partial charge in [0.1, 0.15) is 0 Å². The number of rotatable bonds is 1. The van der Waals surface area contributed by atoms with E-state index in [2.05, 4.69) is 6.92 Å². The van der Waals surface area contributed by atoms with Gasteiger partial charge in [-0.25, -0.2) is 0 Å². The predicted molar refractivity (Wildman–Crippen MR) is 35.4 cm³/mol. The first kappa shape index (κ1) is 5.63. The van der Waals surface area contributed by atoms with E-state index in [1.807, 2.05) is 6.07 Å². The highest BCUT2D eigenvalue weighted by Crippen LogP contribution is 2.22. The molecule has 0 radical (unpaired) electrons. The lowest BCUT2D eigenvalue weighted by atomic mass is 10.4. The van der Waals surface area contributed by atoms with Gasteiger partial charge in [-0.05, 0) is 18.6 Å². The van der Waals surface area contributed by atoms with Gasteiger partial charge in [0.15, 0.2) is 5.06 Å². The topological polar surface area (TPSA) is 20.2 Å². The van der Waals surface area contributed by atoms with Crippen molar-refractivity contribution in [1.82, 2.24) is 0 Å². The van der Waals surface area contributed by atoms with Crippen LogP contribution >= 0.6 is 11.3 Å². The van der Waals surface area contributed by atoms with Crippen LogP contribution in [0.5, 0.6) is 5.06 Å². The summed E-state index contributed by atoms with van der Waals surface area (Å²) in [6, 6.07) is 3.67. The standard InChI is InChI=1S/C6H8OS/c1-2-5-3-4-6(7)8-5/h3-4,7H,2H2,1H3. The van der Waals surface area contributed by atoms with Crippen LogP contribution in [0.25, 0.3) is 0 Å². The van der Waals surface area contributed by atoms with E-state index in [4.69, 9.17) is 5.11 Å². The fraction of sp³-hybridized carbons (Fsp3) is 0.333. The SMILES string of the molecule is CCc1ccc(O)s1. The normalized spacial score (nSPS) is 9.62. The van der Waals surface area contributed by atoms with Crippen molar-refractivity contribution in [2.75, 3.05) is 0 Å². The van der Waals surface area contributed by atoms with Gasteiger partial charge in [-0.2, -0.15) is 0 Å². The largest absolute Gasteiger partial charge is 0.499 e. The van der Waals surface area contributed by atoms with Crippen molar-refractivity contribution in [3.8, 4) is 5.06 Å². The van der Waals surface area contributed by atoms with E-state index in [1.54, 1.807) is 6.07 Å². The van der Waals surface area contributed by atoms with Gasteiger partial charge in [-0.3, -0.25) is 0 Å². The highest BCUT2D eigenvalue weighted by molar-refractivity contribution is 7.13. The lowest BCUT2D eigenvalue weighted by Gasteiger charge is -1.79. The molecule has 0 saturated carbocycles. The van der Waals surface area contributed by atoms with Gasteiger partial charge < -0.3 is 5.11 Å². The maximum Gasteiger partial charge on any atom is 0.171 e. The van der Waals surface area contributed by atoms with Crippen molar-refractivity contribution >= 4 is 11.3 Å². The molecule has 44 valence electrons. The summed E-state index contributed by atoms with van der Waals surface area (Å²) in [5.74, 6) is 0. The zero-order chi connectivity index (χ0) is 5.98. The van der Waals surface area contributed by atoms with Crippen molar-refractivity contribution < 1.29 is 5.11 Å². The third-order valence-electron chi connectivity index (χ3n) is 0.996. The van der Waals surface area contributed by atoms with E-state index in [0.29, 0.717) is 5.06 Å². The highest BCUT2D eigenvalue weighted by atomic mass is 32.1.